The third-order valence-corrected chi connectivity index (χ3v) is 2.41. The molecule has 0 fully saturated rings. The van der Waals surface area contributed by atoms with Crippen molar-refractivity contribution >= 4 is 11.8 Å². The molecule has 0 radical (unpaired) electrons. The molecule has 0 aromatic carbocycles. The summed E-state index contributed by atoms with van der Waals surface area (Å²) in [6.45, 7) is 0.315. The minimum Gasteiger partial charge on any atom is -0.481 e. The summed E-state index contributed by atoms with van der Waals surface area (Å²) < 4.78 is 0. The van der Waals surface area contributed by atoms with Gasteiger partial charge in [-0.2, -0.15) is 0 Å². The first-order chi connectivity index (χ1) is 7.54. The van der Waals surface area contributed by atoms with Crippen molar-refractivity contribution in [2.75, 3.05) is 25.5 Å². The van der Waals surface area contributed by atoms with E-state index in [4.69, 9.17) is 10.8 Å². The van der Waals surface area contributed by atoms with Gasteiger partial charge >= 0.3 is 5.97 Å². The summed E-state index contributed by atoms with van der Waals surface area (Å²) in [6, 6.07) is 3.74. The lowest BCUT2D eigenvalue weighted by Crippen LogP contribution is -2.17. The van der Waals surface area contributed by atoms with Gasteiger partial charge in [0.25, 0.3) is 0 Å². The maximum atomic E-state index is 10.6. The molecule has 0 spiro atoms. The maximum Gasteiger partial charge on any atom is 0.304 e. The molecule has 1 heterocycles. The summed E-state index contributed by atoms with van der Waals surface area (Å²) in [6.07, 6.45) is 1.73. The van der Waals surface area contributed by atoms with Gasteiger partial charge < -0.3 is 15.7 Å². The lowest BCUT2D eigenvalue weighted by molar-refractivity contribution is -0.137. The molecule has 0 bridgehead atoms. The van der Waals surface area contributed by atoms with Crippen molar-refractivity contribution in [3.8, 4) is 0 Å². The van der Waals surface area contributed by atoms with E-state index in [-0.39, 0.29) is 12.3 Å². The Bertz CT molecular complexity index is 349. The van der Waals surface area contributed by atoms with Crippen LogP contribution in [-0.2, 0) is 4.79 Å². The third kappa shape index (κ3) is 3.20. The fourth-order valence-electron chi connectivity index (χ4n) is 1.45. The van der Waals surface area contributed by atoms with E-state index in [2.05, 4.69) is 4.98 Å². The van der Waals surface area contributed by atoms with Crippen LogP contribution < -0.4 is 10.6 Å². The van der Waals surface area contributed by atoms with Gasteiger partial charge in [-0.3, -0.25) is 4.79 Å². The number of hydrogen-bond acceptors (Lipinski definition) is 4. The zero-order chi connectivity index (χ0) is 12.1. The zero-order valence-corrected chi connectivity index (χ0v) is 9.55. The van der Waals surface area contributed by atoms with Crippen molar-refractivity contribution < 1.29 is 9.90 Å². The molecule has 1 aromatic heterocycles. The lowest BCUT2D eigenvalue weighted by atomic mass is 9.97. The van der Waals surface area contributed by atoms with Crippen molar-refractivity contribution in [2.24, 2.45) is 5.73 Å². The largest absolute Gasteiger partial charge is 0.481 e. The molecule has 3 N–H and O–H groups in total. The quantitative estimate of drug-likeness (QED) is 0.766. The van der Waals surface area contributed by atoms with Gasteiger partial charge in [-0.15, -0.1) is 0 Å². The first kappa shape index (κ1) is 12.4. The molecular formula is C11H17N3O2. The van der Waals surface area contributed by atoms with E-state index in [0.717, 1.165) is 11.4 Å². The van der Waals surface area contributed by atoms with Crippen LogP contribution in [0.4, 0.5) is 5.82 Å². The molecule has 5 heteroatoms. The lowest BCUT2D eigenvalue weighted by Gasteiger charge is -2.15. The number of aromatic nitrogens is 1. The Kier molecular flexibility index (Phi) is 4.25. The standard InChI is InChI=1S/C11H17N3O2/c1-14(2)10-4-3-8(7-13-10)9(6-12)5-11(15)16/h3-4,7,9H,5-6,12H2,1-2H3,(H,15,16). The number of nitrogens with two attached hydrogens (primary N) is 1. The van der Waals surface area contributed by atoms with Crippen molar-refractivity contribution in [1.82, 2.24) is 4.98 Å². The van der Waals surface area contributed by atoms with Gasteiger partial charge in [0.1, 0.15) is 5.82 Å². The second kappa shape index (κ2) is 5.46. The molecule has 0 amide bonds. The van der Waals surface area contributed by atoms with Gasteiger partial charge in [0, 0.05) is 26.2 Å². The Morgan fingerprint density at radius 1 is 1.56 bits per heavy atom. The SMILES string of the molecule is CN(C)c1ccc(C(CN)CC(=O)O)cn1. The highest BCUT2D eigenvalue weighted by atomic mass is 16.4. The second-order valence-corrected chi connectivity index (χ2v) is 3.87. The second-order valence-electron chi connectivity index (χ2n) is 3.87. The number of aliphatic carboxylic acids is 1. The topological polar surface area (TPSA) is 79.5 Å². The van der Waals surface area contributed by atoms with Crippen LogP contribution in [0.15, 0.2) is 18.3 Å². The van der Waals surface area contributed by atoms with E-state index in [1.807, 2.05) is 31.1 Å². The van der Waals surface area contributed by atoms with Gasteiger partial charge in [-0.05, 0) is 18.2 Å². The van der Waals surface area contributed by atoms with Crippen LogP contribution in [0.3, 0.4) is 0 Å². The molecule has 5 nitrogen and oxygen atoms in total. The van der Waals surface area contributed by atoms with Crippen LogP contribution in [0.2, 0.25) is 0 Å². The number of anilines is 1. The van der Waals surface area contributed by atoms with E-state index in [1.54, 1.807) is 6.20 Å². The van der Waals surface area contributed by atoms with Gasteiger partial charge in [0.15, 0.2) is 0 Å². The third-order valence-electron chi connectivity index (χ3n) is 2.41. The Balaban J connectivity index is 2.82. The number of carbonyl (C=O) groups is 1. The molecule has 16 heavy (non-hydrogen) atoms. The predicted molar refractivity (Wildman–Crippen MR) is 62.6 cm³/mol. The highest BCUT2D eigenvalue weighted by molar-refractivity contribution is 5.68. The van der Waals surface area contributed by atoms with Crippen LogP contribution >= 0.6 is 0 Å². The summed E-state index contributed by atoms with van der Waals surface area (Å²) in [5.74, 6) is -0.164. The van der Waals surface area contributed by atoms with Gasteiger partial charge in [0.2, 0.25) is 0 Å². The molecule has 0 aliphatic rings. The fraction of sp³-hybridized carbons (Fsp3) is 0.455. The Labute approximate surface area is 94.9 Å². The molecule has 0 saturated carbocycles. The Morgan fingerprint density at radius 3 is 2.62 bits per heavy atom. The molecule has 1 unspecified atom stereocenters. The van der Waals surface area contributed by atoms with Gasteiger partial charge in [-0.1, -0.05) is 6.07 Å². The van der Waals surface area contributed by atoms with Crippen LogP contribution in [-0.4, -0.2) is 36.7 Å². The average molecular weight is 223 g/mol. The number of carboxylic acid groups (broad SMARTS) is 1. The molecule has 0 aliphatic heterocycles. The molecule has 0 saturated heterocycles. The molecule has 0 aliphatic carbocycles. The Hall–Kier alpha value is -1.62. The predicted octanol–water partition coefficient (Wildman–Crippen LogP) is 0.665. The molecular weight excluding hydrogens is 206 g/mol. The summed E-state index contributed by atoms with van der Waals surface area (Å²) in [7, 11) is 3.80. The maximum absolute atomic E-state index is 10.6. The van der Waals surface area contributed by atoms with Crippen LogP contribution in [0, 0.1) is 0 Å². The van der Waals surface area contributed by atoms with Crippen molar-refractivity contribution in [3.63, 3.8) is 0 Å². The number of pyridine rings is 1. The van der Waals surface area contributed by atoms with E-state index < -0.39 is 5.97 Å². The van der Waals surface area contributed by atoms with E-state index in [9.17, 15) is 4.79 Å². The highest BCUT2D eigenvalue weighted by Gasteiger charge is 2.14. The minimum absolute atomic E-state index is 0.0412. The van der Waals surface area contributed by atoms with E-state index >= 15 is 0 Å². The normalized spacial score (nSPS) is 12.2. The van der Waals surface area contributed by atoms with E-state index in [0.29, 0.717) is 6.54 Å². The first-order valence-electron chi connectivity index (χ1n) is 5.09. The summed E-state index contributed by atoms with van der Waals surface area (Å²) >= 11 is 0. The zero-order valence-electron chi connectivity index (χ0n) is 9.55. The summed E-state index contributed by atoms with van der Waals surface area (Å²) in [5.41, 5.74) is 6.42. The van der Waals surface area contributed by atoms with Crippen molar-refractivity contribution in [3.05, 3.63) is 23.9 Å². The molecule has 88 valence electrons. The van der Waals surface area contributed by atoms with Crippen molar-refractivity contribution in [2.45, 2.75) is 12.3 Å². The molecule has 1 aromatic rings. The number of hydrogen-bond donors (Lipinski definition) is 2. The van der Waals surface area contributed by atoms with Gasteiger partial charge in [0.05, 0.1) is 6.42 Å². The molecule has 1 atom stereocenters. The van der Waals surface area contributed by atoms with E-state index in [1.165, 1.54) is 0 Å². The minimum atomic E-state index is -0.841. The first-order valence-corrected chi connectivity index (χ1v) is 5.09. The van der Waals surface area contributed by atoms with Crippen LogP contribution in [0.1, 0.15) is 17.9 Å². The molecule has 1 rings (SSSR count). The monoisotopic (exact) mass is 223 g/mol. The van der Waals surface area contributed by atoms with Crippen LogP contribution in [0.5, 0.6) is 0 Å². The van der Waals surface area contributed by atoms with Crippen molar-refractivity contribution in [1.29, 1.82) is 0 Å². The number of nitrogens with zero attached hydrogens (tertiary/aromatic N) is 2. The summed E-state index contributed by atoms with van der Waals surface area (Å²) in [5, 5.41) is 8.73. The number of rotatable bonds is 5. The summed E-state index contributed by atoms with van der Waals surface area (Å²) in [4.78, 5) is 16.8. The average Bonchev–Trinajstić information content (AvgIpc) is 2.25. The Morgan fingerprint density at radius 2 is 2.25 bits per heavy atom. The van der Waals surface area contributed by atoms with Gasteiger partial charge in [-0.25, -0.2) is 4.98 Å². The van der Waals surface area contributed by atoms with Crippen LogP contribution in [0.25, 0.3) is 0 Å². The number of carboxylic acids is 1. The smallest absolute Gasteiger partial charge is 0.304 e. The highest BCUT2D eigenvalue weighted by Crippen LogP contribution is 2.19. The fourth-order valence-corrected chi connectivity index (χ4v) is 1.45.